The molecule has 0 spiro atoms. The fourth-order valence-corrected chi connectivity index (χ4v) is 1.68. The summed E-state index contributed by atoms with van der Waals surface area (Å²) in [4.78, 5) is 11.1. The standard InChI is InChI=1S/C8H16N2O2/c1-12-7-4-2-6(3-5-7)8(11)10-9/h6-7H,2-5,9H2,1H3,(H,10,11). The molecule has 0 saturated heterocycles. The molecule has 0 heterocycles. The lowest BCUT2D eigenvalue weighted by molar-refractivity contribution is -0.126. The fraction of sp³-hybridized carbons (Fsp3) is 0.875. The van der Waals surface area contributed by atoms with E-state index in [1.807, 2.05) is 0 Å². The van der Waals surface area contributed by atoms with Crippen LogP contribution < -0.4 is 11.3 Å². The van der Waals surface area contributed by atoms with Gasteiger partial charge in [0.1, 0.15) is 0 Å². The number of hydrogen-bond donors (Lipinski definition) is 2. The molecule has 0 unspecified atom stereocenters. The largest absolute Gasteiger partial charge is 0.381 e. The number of nitrogens with one attached hydrogen (secondary N) is 1. The Balaban J connectivity index is 2.30. The van der Waals surface area contributed by atoms with Crippen molar-refractivity contribution in [2.75, 3.05) is 7.11 Å². The van der Waals surface area contributed by atoms with Gasteiger partial charge in [0.25, 0.3) is 0 Å². The zero-order valence-electron chi connectivity index (χ0n) is 7.38. The second-order valence-corrected chi connectivity index (χ2v) is 3.22. The van der Waals surface area contributed by atoms with E-state index in [0.717, 1.165) is 25.7 Å². The summed E-state index contributed by atoms with van der Waals surface area (Å²) < 4.78 is 5.19. The zero-order chi connectivity index (χ0) is 8.97. The maximum Gasteiger partial charge on any atom is 0.236 e. The summed E-state index contributed by atoms with van der Waals surface area (Å²) in [6.45, 7) is 0. The van der Waals surface area contributed by atoms with Gasteiger partial charge in [-0.05, 0) is 25.7 Å². The Morgan fingerprint density at radius 3 is 2.42 bits per heavy atom. The molecule has 1 aliphatic carbocycles. The molecule has 0 aromatic rings. The van der Waals surface area contributed by atoms with Crippen LogP contribution >= 0.6 is 0 Å². The zero-order valence-corrected chi connectivity index (χ0v) is 7.38. The molecule has 1 aliphatic rings. The molecule has 0 aromatic carbocycles. The maximum atomic E-state index is 11.1. The highest BCUT2D eigenvalue weighted by molar-refractivity contribution is 5.77. The first-order valence-electron chi connectivity index (χ1n) is 4.31. The van der Waals surface area contributed by atoms with Gasteiger partial charge in [-0.25, -0.2) is 5.84 Å². The molecule has 4 heteroatoms. The van der Waals surface area contributed by atoms with Crippen LogP contribution in [0.3, 0.4) is 0 Å². The highest BCUT2D eigenvalue weighted by Gasteiger charge is 2.25. The van der Waals surface area contributed by atoms with Crippen LogP contribution in [-0.4, -0.2) is 19.1 Å². The van der Waals surface area contributed by atoms with E-state index >= 15 is 0 Å². The minimum Gasteiger partial charge on any atom is -0.381 e. The Labute approximate surface area is 72.4 Å². The van der Waals surface area contributed by atoms with E-state index in [1.54, 1.807) is 7.11 Å². The molecule has 1 amide bonds. The number of amides is 1. The number of carbonyl (C=O) groups excluding carboxylic acids is 1. The second-order valence-electron chi connectivity index (χ2n) is 3.22. The van der Waals surface area contributed by atoms with Crippen molar-refractivity contribution < 1.29 is 9.53 Å². The minimum atomic E-state index is -0.0375. The highest BCUT2D eigenvalue weighted by Crippen LogP contribution is 2.25. The van der Waals surface area contributed by atoms with Gasteiger partial charge < -0.3 is 4.74 Å². The van der Waals surface area contributed by atoms with Crippen molar-refractivity contribution in [2.45, 2.75) is 31.8 Å². The third kappa shape index (κ3) is 2.19. The molecule has 0 radical (unpaired) electrons. The molecule has 1 saturated carbocycles. The molecule has 0 aliphatic heterocycles. The molecule has 0 bridgehead atoms. The Kier molecular flexibility index (Phi) is 3.49. The van der Waals surface area contributed by atoms with E-state index in [0.29, 0.717) is 6.10 Å². The molecule has 3 N–H and O–H groups in total. The summed E-state index contributed by atoms with van der Waals surface area (Å²) in [6.07, 6.45) is 4.05. The highest BCUT2D eigenvalue weighted by atomic mass is 16.5. The summed E-state index contributed by atoms with van der Waals surface area (Å²) in [5.74, 6) is 5.10. The number of hydrogen-bond acceptors (Lipinski definition) is 3. The van der Waals surface area contributed by atoms with Gasteiger partial charge in [-0.3, -0.25) is 10.2 Å². The lowest BCUT2D eigenvalue weighted by Crippen LogP contribution is -2.38. The number of ether oxygens (including phenoxy) is 1. The van der Waals surface area contributed by atoms with Crippen molar-refractivity contribution in [3.8, 4) is 0 Å². The van der Waals surface area contributed by atoms with E-state index in [2.05, 4.69) is 5.43 Å². The predicted molar refractivity (Wildman–Crippen MR) is 45.1 cm³/mol. The Morgan fingerprint density at radius 2 is 2.00 bits per heavy atom. The van der Waals surface area contributed by atoms with Crippen molar-refractivity contribution in [1.29, 1.82) is 0 Å². The third-order valence-corrected chi connectivity index (χ3v) is 2.52. The molecule has 1 rings (SSSR count). The Bertz CT molecular complexity index is 153. The minimum absolute atomic E-state index is 0.0375. The van der Waals surface area contributed by atoms with Crippen LogP contribution in [0.5, 0.6) is 0 Å². The van der Waals surface area contributed by atoms with Gasteiger partial charge in [0.05, 0.1) is 6.10 Å². The van der Waals surface area contributed by atoms with Crippen LogP contribution in [0.15, 0.2) is 0 Å². The summed E-state index contributed by atoms with van der Waals surface area (Å²) in [7, 11) is 1.72. The Hall–Kier alpha value is -0.610. The molecule has 12 heavy (non-hydrogen) atoms. The van der Waals surface area contributed by atoms with Crippen molar-refractivity contribution in [3.63, 3.8) is 0 Å². The van der Waals surface area contributed by atoms with Gasteiger partial charge in [0.15, 0.2) is 0 Å². The number of nitrogens with two attached hydrogens (primary N) is 1. The second kappa shape index (κ2) is 4.42. The lowest BCUT2D eigenvalue weighted by atomic mass is 9.87. The molecular weight excluding hydrogens is 156 g/mol. The summed E-state index contributed by atoms with van der Waals surface area (Å²) in [5.41, 5.74) is 2.19. The summed E-state index contributed by atoms with van der Waals surface area (Å²) in [6, 6.07) is 0. The SMILES string of the molecule is COC1CCC(C(=O)NN)CC1. The van der Waals surface area contributed by atoms with Crippen molar-refractivity contribution in [2.24, 2.45) is 11.8 Å². The number of hydrazine groups is 1. The van der Waals surface area contributed by atoms with Crippen LogP contribution in [0, 0.1) is 5.92 Å². The quantitative estimate of drug-likeness (QED) is 0.355. The molecular formula is C8H16N2O2. The molecule has 0 aromatic heterocycles. The van der Waals surface area contributed by atoms with Gasteiger partial charge in [-0.1, -0.05) is 0 Å². The van der Waals surface area contributed by atoms with E-state index in [9.17, 15) is 4.79 Å². The van der Waals surface area contributed by atoms with Crippen LogP contribution in [-0.2, 0) is 9.53 Å². The topological polar surface area (TPSA) is 64.3 Å². The van der Waals surface area contributed by atoms with Gasteiger partial charge >= 0.3 is 0 Å². The molecule has 1 fully saturated rings. The monoisotopic (exact) mass is 172 g/mol. The fourth-order valence-electron chi connectivity index (χ4n) is 1.68. The van der Waals surface area contributed by atoms with Crippen LogP contribution in [0.4, 0.5) is 0 Å². The number of methoxy groups -OCH3 is 1. The van der Waals surface area contributed by atoms with Crippen molar-refractivity contribution >= 4 is 5.91 Å². The van der Waals surface area contributed by atoms with Gasteiger partial charge in [0.2, 0.25) is 5.91 Å². The average molecular weight is 172 g/mol. The van der Waals surface area contributed by atoms with Crippen molar-refractivity contribution in [3.05, 3.63) is 0 Å². The lowest BCUT2D eigenvalue weighted by Gasteiger charge is -2.25. The predicted octanol–water partition coefficient (Wildman–Crippen LogP) is 0.181. The van der Waals surface area contributed by atoms with Crippen LogP contribution in [0.25, 0.3) is 0 Å². The number of carbonyl (C=O) groups is 1. The molecule has 0 atom stereocenters. The summed E-state index contributed by atoms with van der Waals surface area (Å²) >= 11 is 0. The van der Waals surface area contributed by atoms with Crippen molar-refractivity contribution in [1.82, 2.24) is 5.43 Å². The van der Waals surface area contributed by atoms with Crippen LogP contribution in [0.2, 0.25) is 0 Å². The average Bonchev–Trinajstić information content (AvgIpc) is 2.17. The first-order valence-corrected chi connectivity index (χ1v) is 4.31. The molecule has 70 valence electrons. The first-order chi connectivity index (χ1) is 5.77. The smallest absolute Gasteiger partial charge is 0.236 e. The third-order valence-electron chi connectivity index (χ3n) is 2.52. The molecule has 4 nitrogen and oxygen atoms in total. The van der Waals surface area contributed by atoms with Gasteiger partial charge in [-0.15, -0.1) is 0 Å². The number of rotatable bonds is 2. The Morgan fingerprint density at radius 1 is 1.42 bits per heavy atom. The van der Waals surface area contributed by atoms with E-state index in [-0.39, 0.29) is 11.8 Å². The van der Waals surface area contributed by atoms with E-state index < -0.39 is 0 Å². The summed E-state index contributed by atoms with van der Waals surface area (Å²) in [5, 5.41) is 0. The van der Waals surface area contributed by atoms with E-state index in [4.69, 9.17) is 10.6 Å². The van der Waals surface area contributed by atoms with E-state index in [1.165, 1.54) is 0 Å². The van der Waals surface area contributed by atoms with Gasteiger partial charge in [0, 0.05) is 13.0 Å². The normalized spacial score (nSPS) is 29.8. The van der Waals surface area contributed by atoms with Crippen LogP contribution in [0.1, 0.15) is 25.7 Å². The van der Waals surface area contributed by atoms with Gasteiger partial charge in [-0.2, -0.15) is 0 Å². The maximum absolute atomic E-state index is 11.1. The first kappa shape index (κ1) is 9.48.